The fourth-order valence-corrected chi connectivity index (χ4v) is 6.75. The Labute approximate surface area is 105 Å². The Kier molecular flexibility index (Phi) is 7.60. The second-order valence-corrected chi connectivity index (χ2v) is 10.7. The molecule has 0 aromatic heterocycles. The van der Waals surface area contributed by atoms with E-state index in [1.54, 1.807) is 0 Å². The SMILES string of the molecule is C=CC[PH](CC=C)(CC=C)CCCS(=O)(=O)O. The van der Waals surface area contributed by atoms with Crippen LogP contribution in [0.1, 0.15) is 6.42 Å². The van der Waals surface area contributed by atoms with Crippen molar-refractivity contribution in [2.24, 2.45) is 0 Å². The van der Waals surface area contributed by atoms with Crippen molar-refractivity contribution >= 4 is 17.4 Å². The Balaban J connectivity index is 4.59. The number of hydrogen-bond acceptors (Lipinski definition) is 2. The van der Waals surface area contributed by atoms with Gasteiger partial charge in [-0.25, -0.2) is 0 Å². The van der Waals surface area contributed by atoms with E-state index in [-0.39, 0.29) is 5.75 Å². The third-order valence-corrected chi connectivity index (χ3v) is 8.52. The van der Waals surface area contributed by atoms with Crippen molar-refractivity contribution in [2.75, 3.05) is 30.4 Å². The molecule has 0 saturated heterocycles. The van der Waals surface area contributed by atoms with E-state index in [0.717, 1.165) is 24.6 Å². The monoisotopic (exact) mass is 278 g/mol. The summed E-state index contributed by atoms with van der Waals surface area (Å²) in [5, 5.41) is 0. The van der Waals surface area contributed by atoms with E-state index in [1.807, 2.05) is 18.2 Å². The normalized spacial score (nSPS) is 13.0. The molecule has 0 aromatic rings. The molecule has 0 radical (unpaired) electrons. The third kappa shape index (κ3) is 7.48. The van der Waals surface area contributed by atoms with Crippen molar-refractivity contribution in [3.8, 4) is 0 Å². The van der Waals surface area contributed by atoms with E-state index in [9.17, 15) is 8.42 Å². The third-order valence-electron chi connectivity index (χ3n) is 2.84. The summed E-state index contributed by atoms with van der Waals surface area (Å²) in [6.45, 7) is 11.3. The Hall–Kier alpha value is -0.440. The van der Waals surface area contributed by atoms with Crippen LogP contribution in [0.15, 0.2) is 38.0 Å². The molecule has 0 aliphatic carbocycles. The minimum absolute atomic E-state index is 0.160. The van der Waals surface area contributed by atoms with E-state index < -0.39 is 17.4 Å². The molecule has 0 amide bonds. The fourth-order valence-electron chi connectivity index (χ4n) is 2.10. The minimum atomic E-state index is -3.85. The molecule has 17 heavy (non-hydrogen) atoms. The Bertz CT molecular complexity index is 333. The molecular weight excluding hydrogens is 255 g/mol. The second-order valence-electron chi connectivity index (χ2n) is 4.37. The first-order chi connectivity index (χ1) is 7.89. The average molecular weight is 278 g/mol. The second kappa shape index (κ2) is 7.80. The number of allylic oxidation sites excluding steroid dienone is 3. The summed E-state index contributed by atoms with van der Waals surface area (Å²) in [7, 11) is -5.47. The van der Waals surface area contributed by atoms with Gasteiger partial charge in [-0.2, -0.15) is 0 Å². The summed E-state index contributed by atoms with van der Waals surface area (Å²) in [5.74, 6) is -0.160. The van der Waals surface area contributed by atoms with E-state index in [4.69, 9.17) is 4.55 Å². The van der Waals surface area contributed by atoms with Gasteiger partial charge in [0.2, 0.25) is 0 Å². The van der Waals surface area contributed by atoms with Crippen LogP contribution in [-0.2, 0) is 10.1 Å². The summed E-state index contributed by atoms with van der Waals surface area (Å²) in [5.41, 5.74) is 0. The van der Waals surface area contributed by atoms with Gasteiger partial charge >= 0.3 is 105 Å². The van der Waals surface area contributed by atoms with Crippen LogP contribution in [0.3, 0.4) is 0 Å². The van der Waals surface area contributed by atoms with Crippen LogP contribution in [0, 0.1) is 0 Å². The Morgan fingerprint density at radius 1 is 1.00 bits per heavy atom. The first kappa shape index (κ1) is 16.6. The molecule has 0 bridgehead atoms. The number of rotatable bonds is 10. The van der Waals surface area contributed by atoms with Gasteiger partial charge in [-0.1, -0.05) is 0 Å². The molecule has 3 nitrogen and oxygen atoms in total. The van der Waals surface area contributed by atoms with Crippen LogP contribution in [0.4, 0.5) is 0 Å². The van der Waals surface area contributed by atoms with Crippen LogP contribution in [-0.4, -0.2) is 43.4 Å². The van der Waals surface area contributed by atoms with Crippen LogP contribution in [0.25, 0.3) is 0 Å². The average Bonchev–Trinajstić information content (AvgIpc) is 2.16. The van der Waals surface area contributed by atoms with Crippen LogP contribution >= 0.6 is 7.26 Å². The van der Waals surface area contributed by atoms with E-state index in [2.05, 4.69) is 19.7 Å². The Morgan fingerprint density at radius 3 is 1.71 bits per heavy atom. The fraction of sp³-hybridized carbons (Fsp3) is 0.500. The number of hydrogen-bond donors (Lipinski definition) is 1. The standard InChI is InChI=1S/C12H23O3PS/c1-4-8-16(9-5-2,10-6-3)11-7-12-17(13,14)15/h4-6,16H,1-3,7-12H2,(H,13,14,15). The summed E-state index contributed by atoms with van der Waals surface area (Å²) >= 11 is 0. The predicted molar refractivity (Wildman–Crippen MR) is 79.4 cm³/mol. The molecule has 5 heteroatoms. The molecule has 100 valence electrons. The summed E-state index contributed by atoms with van der Waals surface area (Å²) in [6.07, 6.45) is 9.81. The molecule has 0 rings (SSSR count). The molecule has 0 saturated carbocycles. The Morgan fingerprint density at radius 2 is 1.41 bits per heavy atom. The van der Waals surface area contributed by atoms with E-state index in [1.165, 1.54) is 0 Å². The molecule has 0 aliphatic rings. The zero-order valence-electron chi connectivity index (χ0n) is 10.3. The quantitative estimate of drug-likeness (QED) is 0.379. The molecule has 0 fully saturated rings. The predicted octanol–water partition coefficient (Wildman–Crippen LogP) is 2.57. The first-order valence-electron chi connectivity index (χ1n) is 5.67. The van der Waals surface area contributed by atoms with Crippen LogP contribution in [0.2, 0.25) is 0 Å². The van der Waals surface area contributed by atoms with Crippen molar-refractivity contribution < 1.29 is 13.0 Å². The zero-order chi connectivity index (χ0) is 13.4. The van der Waals surface area contributed by atoms with Crippen molar-refractivity contribution in [3.05, 3.63) is 38.0 Å². The molecule has 0 aromatic carbocycles. The first-order valence-corrected chi connectivity index (χ1v) is 10.1. The zero-order valence-corrected chi connectivity index (χ0v) is 12.1. The molecule has 0 aliphatic heterocycles. The van der Waals surface area contributed by atoms with Crippen molar-refractivity contribution in [1.82, 2.24) is 0 Å². The van der Waals surface area contributed by atoms with Gasteiger partial charge in [0.15, 0.2) is 0 Å². The van der Waals surface area contributed by atoms with Crippen LogP contribution in [0.5, 0.6) is 0 Å². The van der Waals surface area contributed by atoms with Gasteiger partial charge < -0.3 is 0 Å². The maximum atomic E-state index is 10.7. The van der Waals surface area contributed by atoms with Crippen LogP contribution < -0.4 is 0 Å². The summed E-state index contributed by atoms with van der Waals surface area (Å²) in [4.78, 5) is 0. The molecule has 1 N–H and O–H groups in total. The van der Waals surface area contributed by atoms with Gasteiger partial charge in [-0.05, 0) is 0 Å². The van der Waals surface area contributed by atoms with E-state index in [0.29, 0.717) is 6.42 Å². The topological polar surface area (TPSA) is 54.4 Å². The van der Waals surface area contributed by atoms with Gasteiger partial charge in [-0.3, -0.25) is 0 Å². The molecule has 0 unspecified atom stereocenters. The van der Waals surface area contributed by atoms with E-state index >= 15 is 0 Å². The maximum absolute atomic E-state index is 10.7. The van der Waals surface area contributed by atoms with Crippen molar-refractivity contribution in [1.29, 1.82) is 0 Å². The molecule has 0 spiro atoms. The van der Waals surface area contributed by atoms with Gasteiger partial charge in [0.25, 0.3) is 0 Å². The van der Waals surface area contributed by atoms with Crippen molar-refractivity contribution in [3.63, 3.8) is 0 Å². The molecule has 0 atom stereocenters. The summed E-state index contributed by atoms with van der Waals surface area (Å²) in [6, 6.07) is 0. The molecule has 0 heterocycles. The molecular formula is C12H23O3PS. The summed E-state index contributed by atoms with van der Waals surface area (Å²) < 4.78 is 30.1. The van der Waals surface area contributed by atoms with Gasteiger partial charge in [0.05, 0.1) is 0 Å². The van der Waals surface area contributed by atoms with Gasteiger partial charge in [0, 0.05) is 0 Å². The van der Waals surface area contributed by atoms with Gasteiger partial charge in [-0.15, -0.1) is 0 Å². The van der Waals surface area contributed by atoms with Gasteiger partial charge in [0.1, 0.15) is 0 Å². The van der Waals surface area contributed by atoms with Crippen molar-refractivity contribution in [2.45, 2.75) is 6.42 Å².